The fraction of sp³-hybridized carbons (Fsp3) is 0.357. The first-order chi connectivity index (χ1) is 20.8. The van der Waals surface area contributed by atoms with E-state index in [0.717, 1.165) is 22.3 Å². The molecule has 3 heterocycles. The number of nitrogens with two attached hydrogens (primary N) is 1. The molecule has 12 nitrogen and oxygen atoms in total. The lowest BCUT2D eigenvalue weighted by molar-refractivity contribution is -0.387. The first kappa shape index (κ1) is 33.3. The number of rotatable bonds is 7. The maximum atomic E-state index is 15.4. The summed E-state index contributed by atoms with van der Waals surface area (Å²) in [5.41, 5.74) is 5.44. The zero-order chi connectivity index (χ0) is 32.2. The molecule has 16 heteroatoms. The summed E-state index contributed by atoms with van der Waals surface area (Å²) in [4.78, 5) is 17.4. The summed E-state index contributed by atoms with van der Waals surface area (Å²) in [5, 5.41) is 34.9. The molecule has 1 saturated carbocycles. The van der Waals surface area contributed by atoms with Crippen LogP contribution in [0.2, 0.25) is 5.02 Å². The van der Waals surface area contributed by atoms with Crippen molar-refractivity contribution in [3.63, 3.8) is 0 Å². The van der Waals surface area contributed by atoms with Crippen molar-refractivity contribution in [3.8, 4) is 0 Å². The van der Waals surface area contributed by atoms with E-state index in [1.54, 1.807) is 19.9 Å². The number of aliphatic imine (C=N–C) groups is 1. The van der Waals surface area contributed by atoms with Crippen LogP contribution in [-0.4, -0.2) is 69.5 Å². The number of allylic oxidation sites excluding steroid dienone is 2. The molecule has 5 rings (SSSR count). The van der Waals surface area contributed by atoms with E-state index in [1.165, 1.54) is 36.7 Å². The molecule has 236 valence electrons. The average molecular weight is 653 g/mol. The van der Waals surface area contributed by atoms with Crippen LogP contribution in [0.5, 0.6) is 0 Å². The van der Waals surface area contributed by atoms with Crippen LogP contribution in [0.4, 0.5) is 14.5 Å². The molecule has 2 aliphatic rings. The highest BCUT2D eigenvalue weighted by Crippen LogP contribution is 2.55. The summed E-state index contributed by atoms with van der Waals surface area (Å²) in [6.07, 6.45) is 2.27. The van der Waals surface area contributed by atoms with Gasteiger partial charge < -0.3 is 25.8 Å². The lowest BCUT2D eigenvalue weighted by Crippen LogP contribution is -2.34. The Bertz CT molecular complexity index is 1690. The Morgan fingerprint density at radius 1 is 1.27 bits per heavy atom. The first-order valence-electron chi connectivity index (χ1n) is 13.4. The molecule has 1 aliphatic heterocycles. The number of aromatic nitrogens is 4. The van der Waals surface area contributed by atoms with Crippen LogP contribution < -0.4 is 11.3 Å². The van der Waals surface area contributed by atoms with Crippen LogP contribution in [0.15, 0.2) is 58.4 Å². The molecular formula is C28H31ClF2N6O6S. The van der Waals surface area contributed by atoms with E-state index in [4.69, 9.17) is 22.1 Å². The van der Waals surface area contributed by atoms with E-state index in [2.05, 4.69) is 15.2 Å². The molecular weight excluding hydrogens is 622 g/mol. The van der Waals surface area contributed by atoms with Crippen molar-refractivity contribution in [3.05, 3.63) is 92.3 Å². The highest BCUT2D eigenvalue weighted by molar-refractivity contribution is 7.85. The van der Waals surface area contributed by atoms with E-state index in [9.17, 15) is 28.7 Å². The molecule has 1 aromatic carbocycles. The number of nitrogens with zero attached hydrogens (tertiary/aromatic N) is 5. The van der Waals surface area contributed by atoms with Crippen molar-refractivity contribution in [2.75, 3.05) is 30.5 Å². The van der Waals surface area contributed by atoms with Gasteiger partial charge >= 0.3 is 6.10 Å². The van der Waals surface area contributed by atoms with Gasteiger partial charge in [-0.3, -0.25) is 18.6 Å². The topological polar surface area (TPSA) is 178 Å². The van der Waals surface area contributed by atoms with Crippen LogP contribution in [0.25, 0.3) is 6.20 Å². The number of benzene rings is 1. The Hall–Kier alpha value is -3.60. The highest BCUT2D eigenvalue weighted by Gasteiger charge is 2.44. The molecule has 0 amide bonds. The third-order valence-electron chi connectivity index (χ3n) is 6.77. The normalized spacial score (nSPS) is 19.6. The molecule has 2 unspecified atom stereocenters. The Balaban J connectivity index is 0.000000555. The van der Waals surface area contributed by atoms with Crippen LogP contribution >= 0.6 is 11.6 Å². The predicted molar refractivity (Wildman–Crippen MR) is 161 cm³/mol. The minimum absolute atomic E-state index is 0.141. The molecule has 5 N–H and O–H groups in total. The van der Waals surface area contributed by atoms with Gasteiger partial charge in [0, 0.05) is 45.7 Å². The van der Waals surface area contributed by atoms with Crippen LogP contribution in [0.3, 0.4) is 0 Å². The lowest BCUT2D eigenvalue weighted by Gasteiger charge is -2.12. The summed E-state index contributed by atoms with van der Waals surface area (Å²) in [7, 11) is -0.565. The first-order valence-corrected chi connectivity index (χ1v) is 15.2. The van der Waals surface area contributed by atoms with E-state index < -0.39 is 34.1 Å². The lowest BCUT2D eigenvalue weighted by atomic mass is 10.1. The van der Waals surface area contributed by atoms with Crippen LogP contribution in [0.1, 0.15) is 47.7 Å². The van der Waals surface area contributed by atoms with Gasteiger partial charge in [-0.25, -0.2) is 8.78 Å². The van der Waals surface area contributed by atoms with Crippen LogP contribution in [-0.2, 0) is 21.6 Å². The fourth-order valence-corrected chi connectivity index (χ4v) is 5.55. The second-order valence-corrected chi connectivity index (χ2v) is 12.0. The summed E-state index contributed by atoms with van der Waals surface area (Å²) in [6.45, 7) is 4.62. The molecule has 0 radical (unpaired) electrons. The minimum Gasteiger partial charge on any atom is -0.396 e. The fourth-order valence-electron chi connectivity index (χ4n) is 4.46. The van der Waals surface area contributed by atoms with E-state index in [1.807, 2.05) is 0 Å². The number of hydrogen-bond donors (Lipinski definition) is 4. The zero-order valence-electron chi connectivity index (χ0n) is 23.7. The Kier molecular flexibility index (Phi) is 10.6. The summed E-state index contributed by atoms with van der Waals surface area (Å²) >= 11 is 6.38. The SMILES string of the molecule is C/C=C/N=C(/C(F)=C/n1c(C)cc(C2CC2c2cnn(C(O)(O)O)n2)c(Cl)c1=O)c1cccc(N)c1F.O=S1CCOCC1. The van der Waals surface area contributed by atoms with Crippen molar-refractivity contribution in [2.24, 2.45) is 4.99 Å². The standard InChI is InChI=1S/C24H23ClF2N6O4.C4H8O2S/c1-3-7-29-22(13-5-4-6-18(28)21(13)27)17(26)11-32-12(2)8-16(20(25)23(32)34)14-9-15(14)19-10-30-33(31-19)24(35,36)37;5-7-3-1-6-2-4-7/h3-8,10-11,14-15,35-37H,9,28H2,1-2H3;1-4H2/b7-3+,17-11-,29-22+;. The van der Waals surface area contributed by atoms with Crippen molar-refractivity contribution in [1.82, 2.24) is 19.6 Å². The summed E-state index contributed by atoms with van der Waals surface area (Å²) in [5.74, 6) is -0.824. The van der Waals surface area contributed by atoms with E-state index in [-0.39, 0.29) is 33.8 Å². The van der Waals surface area contributed by atoms with Gasteiger partial charge in [0.25, 0.3) is 5.56 Å². The number of aryl methyl sites for hydroxylation is 1. The molecule has 3 aromatic rings. The minimum atomic E-state index is -3.24. The molecule has 1 aliphatic carbocycles. The second-order valence-electron chi connectivity index (χ2n) is 9.94. The molecule has 2 aromatic heterocycles. The smallest absolute Gasteiger partial charge is 0.396 e. The van der Waals surface area contributed by atoms with Crippen molar-refractivity contribution >= 4 is 40.0 Å². The number of hydrogen-bond acceptors (Lipinski definition) is 10. The highest BCUT2D eigenvalue weighted by atomic mass is 35.5. The number of aliphatic hydroxyl groups is 3. The van der Waals surface area contributed by atoms with Crippen molar-refractivity contribution in [1.29, 1.82) is 0 Å². The third-order valence-corrected chi connectivity index (χ3v) is 8.39. The number of nitrogen functional groups attached to an aromatic ring is 1. The Labute approximate surface area is 258 Å². The molecule has 44 heavy (non-hydrogen) atoms. The molecule has 2 fully saturated rings. The van der Waals surface area contributed by atoms with Gasteiger partial charge in [-0.05, 0) is 49.9 Å². The monoisotopic (exact) mass is 652 g/mol. The Morgan fingerprint density at radius 2 is 1.98 bits per heavy atom. The van der Waals surface area contributed by atoms with Crippen molar-refractivity contribution < 1.29 is 33.0 Å². The Morgan fingerprint density at radius 3 is 2.57 bits per heavy atom. The average Bonchev–Trinajstić information content (AvgIpc) is 3.60. The van der Waals surface area contributed by atoms with E-state index in [0.29, 0.717) is 41.4 Å². The van der Waals surface area contributed by atoms with Gasteiger partial charge in [-0.1, -0.05) is 28.5 Å². The van der Waals surface area contributed by atoms with Gasteiger partial charge in [-0.15, -0.1) is 0 Å². The third kappa shape index (κ3) is 7.72. The predicted octanol–water partition coefficient (Wildman–Crippen LogP) is 2.49. The second kappa shape index (κ2) is 14.0. The number of ether oxygens (including phenoxy) is 1. The summed E-state index contributed by atoms with van der Waals surface area (Å²) in [6, 6.07) is 5.74. The summed E-state index contributed by atoms with van der Waals surface area (Å²) < 4.78 is 46.5. The number of anilines is 1. The van der Waals surface area contributed by atoms with Gasteiger partial charge in [0.2, 0.25) is 0 Å². The largest absolute Gasteiger partial charge is 0.405 e. The quantitative estimate of drug-likeness (QED) is 0.170. The maximum absolute atomic E-state index is 15.4. The molecule has 1 saturated heterocycles. The van der Waals surface area contributed by atoms with Crippen LogP contribution in [0, 0.1) is 12.7 Å². The van der Waals surface area contributed by atoms with Gasteiger partial charge in [-0.2, -0.15) is 10.2 Å². The zero-order valence-corrected chi connectivity index (χ0v) is 25.3. The molecule has 2 atom stereocenters. The van der Waals surface area contributed by atoms with Crippen molar-refractivity contribution in [2.45, 2.75) is 38.2 Å². The van der Waals surface area contributed by atoms with Gasteiger partial charge in [0.1, 0.15) is 10.7 Å². The molecule has 0 spiro atoms. The molecule has 0 bridgehead atoms. The number of halogens is 3. The van der Waals surface area contributed by atoms with Gasteiger partial charge in [0.15, 0.2) is 11.6 Å². The van der Waals surface area contributed by atoms with E-state index >= 15 is 4.39 Å². The van der Waals surface area contributed by atoms with Gasteiger partial charge in [0.05, 0.1) is 37.0 Å². The maximum Gasteiger partial charge on any atom is 0.405 e. The number of pyridine rings is 1.